The highest BCUT2D eigenvalue weighted by atomic mass is 16.3. The van der Waals surface area contributed by atoms with Gasteiger partial charge in [0.2, 0.25) is 0 Å². The first-order valence-electron chi connectivity index (χ1n) is 4.68. The minimum absolute atomic E-state index is 0.0973. The van der Waals surface area contributed by atoms with Gasteiger partial charge in [-0.1, -0.05) is 40.5 Å². The summed E-state index contributed by atoms with van der Waals surface area (Å²) in [5.74, 6) is 0.833. The Labute approximate surface area is 71.8 Å². The highest BCUT2D eigenvalue weighted by molar-refractivity contribution is 4.43. The maximum Gasteiger partial charge on any atom is 0.0512 e. The molecule has 1 N–H and O–H groups in total. The van der Waals surface area contributed by atoms with Crippen LogP contribution in [-0.2, 0) is 0 Å². The van der Waals surface area contributed by atoms with Crippen molar-refractivity contribution in [3.8, 4) is 0 Å². The number of aliphatic hydroxyl groups is 1. The normalized spacial score (nSPS) is 12.3. The molecule has 1 heteroatoms. The summed E-state index contributed by atoms with van der Waals surface area (Å²) in [5.41, 5.74) is 0. The average Bonchev–Trinajstić information content (AvgIpc) is 1.82. The van der Waals surface area contributed by atoms with Crippen molar-refractivity contribution in [1.82, 2.24) is 0 Å². The Kier molecular flexibility index (Phi) is 12.3. The summed E-state index contributed by atoms with van der Waals surface area (Å²) >= 11 is 0. The summed E-state index contributed by atoms with van der Waals surface area (Å²) in [4.78, 5) is 0. The molecule has 0 heterocycles. The molecule has 0 aliphatic heterocycles. The van der Waals surface area contributed by atoms with Gasteiger partial charge in [-0.25, -0.2) is 0 Å². The molecule has 0 spiro atoms. The fourth-order valence-electron chi connectivity index (χ4n) is 0.500. The van der Waals surface area contributed by atoms with E-state index >= 15 is 0 Å². The van der Waals surface area contributed by atoms with Crippen LogP contribution in [0.5, 0.6) is 0 Å². The molecule has 70 valence electrons. The average molecular weight is 160 g/mol. The van der Waals surface area contributed by atoms with Crippen LogP contribution in [0.15, 0.2) is 0 Å². The molecule has 0 bridgehead atoms. The molecule has 0 aromatic carbocycles. The molecule has 0 saturated heterocycles. The minimum atomic E-state index is -0.0973. The number of hydrogen-bond donors (Lipinski definition) is 1. The van der Waals surface area contributed by atoms with E-state index in [1.807, 2.05) is 6.92 Å². The van der Waals surface area contributed by atoms with Crippen molar-refractivity contribution in [1.29, 1.82) is 0 Å². The van der Waals surface area contributed by atoms with Crippen molar-refractivity contribution in [2.24, 2.45) is 5.92 Å². The summed E-state index contributed by atoms with van der Waals surface area (Å²) < 4.78 is 0. The van der Waals surface area contributed by atoms with Gasteiger partial charge in [-0.15, -0.1) is 0 Å². The fourth-order valence-corrected chi connectivity index (χ4v) is 0.500. The molecule has 0 radical (unpaired) electrons. The van der Waals surface area contributed by atoms with Crippen LogP contribution in [-0.4, -0.2) is 11.2 Å². The van der Waals surface area contributed by atoms with Crippen LogP contribution < -0.4 is 0 Å². The van der Waals surface area contributed by atoms with Crippen molar-refractivity contribution in [3.63, 3.8) is 0 Å². The Morgan fingerprint density at radius 2 is 1.45 bits per heavy atom. The van der Waals surface area contributed by atoms with E-state index in [0.29, 0.717) is 0 Å². The molecular formula is C10H24O. The first-order valence-corrected chi connectivity index (χ1v) is 4.68. The van der Waals surface area contributed by atoms with Gasteiger partial charge >= 0.3 is 0 Å². The Morgan fingerprint density at radius 1 is 1.09 bits per heavy atom. The van der Waals surface area contributed by atoms with Gasteiger partial charge in [0.25, 0.3) is 0 Å². The Morgan fingerprint density at radius 3 is 1.55 bits per heavy atom. The van der Waals surface area contributed by atoms with Crippen LogP contribution in [0.4, 0.5) is 0 Å². The third kappa shape index (κ3) is 40.2. The second-order valence-corrected chi connectivity index (χ2v) is 3.72. The van der Waals surface area contributed by atoms with Gasteiger partial charge in [0.05, 0.1) is 6.10 Å². The molecule has 0 aromatic heterocycles. The SMILES string of the molecule is CC(C)C.CCCCC(C)O. The van der Waals surface area contributed by atoms with Crippen LogP contribution in [0.25, 0.3) is 0 Å². The van der Waals surface area contributed by atoms with E-state index in [1.165, 1.54) is 6.42 Å². The Bertz CT molecular complexity index is 55.1. The smallest absolute Gasteiger partial charge is 0.0512 e. The third-order valence-electron chi connectivity index (χ3n) is 0.975. The fraction of sp³-hybridized carbons (Fsp3) is 1.00. The Balaban J connectivity index is 0. The van der Waals surface area contributed by atoms with E-state index in [2.05, 4.69) is 27.7 Å². The van der Waals surface area contributed by atoms with E-state index in [1.54, 1.807) is 0 Å². The number of aliphatic hydroxyl groups excluding tert-OH is 1. The molecule has 0 rings (SSSR count). The zero-order valence-corrected chi connectivity index (χ0v) is 8.72. The van der Waals surface area contributed by atoms with Crippen molar-refractivity contribution in [2.45, 2.75) is 60.0 Å². The molecular weight excluding hydrogens is 136 g/mol. The lowest BCUT2D eigenvalue weighted by Gasteiger charge is -1.98. The molecule has 0 aromatic rings. The number of hydrogen-bond acceptors (Lipinski definition) is 1. The van der Waals surface area contributed by atoms with E-state index in [0.717, 1.165) is 18.8 Å². The highest BCUT2D eigenvalue weighted by Gasteiger charge is 1.90. The molecule has 1 nitrogen and oxygen atoms in total. The van der Waals surface area contributed by atoms with Crippen molar-refractivity contribution < 1.29 is 5.11 Å². The van der Waals surface area contributed by atoms with Crippen molar-refractivity contribution >= 4 is 0 Å². The van der Waals surface area contributed by atoms with Crippen LogP contribution in [0.2, 0.25) is 0 Å². The van der Waals surface area contributed by atoms with Gasteiger partial charge < -0.3 is 5.11 Å². The first kappa shape index (κ1) is 13.5. The molecule has 1 unspecified atom stereocenters. The number of unbranched alkanes of at least 4 members (excludes halogenated alkanes) is 1. The van der Waals surface area contributed by atoms with E-state index in [4.69, 9.17) is 5.11 Å². The van der Waals surface area contributed by atoms with Crippen LogP contribution in [0.3, 0.4) is 0 Å². The Hall–Kier alpha value is -0.0400. The lowest BCUT2D eigenvalue weighted by molar-refractivity contribution is 0.181. The predicted molar refractivity (Wildman–Crippen MR) is 51.7 cm³/mol. The van der Waals surface area contributed by atoms with Crippen molar-refractivity contribution in [2.75, 3.05) is 0 Å². The zero-order valence-electron chi connectivity index (χ0n) is 8.72. The molecule has 1 atom stereocenters. The number of rotatable bonds is 3. The molecule has 0 aliphatic rings. The second-order valence-electron chi connectivity index (χ2n) is 3.72. The lowest BCUT2D eigenvalue weighted by Crippen LogP contribution is -1.97. The maximum atomic E-state index is 8.68. The van der Waals surface area contributed by atoms with Crippen molar-refractivity contribution in [3.05, 3.63) is 0 Å². The van der Waals surface area contributed by atoms with Gasteiger partial charge in [0.15, 0.2) is 0 Å². The monoisotopic (exact) mass is 160 g/mol. The maximum absolute atomic E-state index is 8.68. The largest absolute Gasteiger partial charge is 0.393 e. The first-order chi connectivity index (χ1) is 5.00. The summed E-state index contributed by atoms with van der Waals surface area (Å²) in [6.45, 7) is 10.5. The lowest BCUT2D eigenvalue weighted by atomic mass is 10.2. The molecule has 0 aliphatic carbocycles. The molecule has 0 fully saturated rings. The van der Waals surface area contributed by atoms with Gasteiger partial charge in [0, 0.05) is 0 Å². The molecule has 11 heavy (non-hydrogen) atoms. The third-order valence-corrected chi connectivity index (χ3v) is 0.975. The zero-order chi connectivity index (χ0) is 9.28. The summed E-state index contributed by atoms with van der Waals surface area (Å²) in [7, 11) is 0. The van der Waals surface area contributed by atoms with E-state index < -0.39 is 0 Å². The van der Waals surface area contributed by atoms with Crippen LogP contribution in [0.1, 0.15) is 53.9 Å². The van der Waals surface area contributed by atoms with Gasteiger partial charge in [-0.3, -0.25) is 0 Å². The standard InChI is InChI=1S/C6H14O.C4H10/c1-3-4-5-6(2)7;1-4(2)3/h6-7H,3-5H2,1-2H3;4H,1-3H3. The summed E-state index contributed by atoms with van der Waals surface area (Å²) in [6.07, 6.45) is 3.19. The van der Waals surface area contributed by atoms with E-state index in [9.17, 15) is 0 Å². The van der Waals surface area contributed by atoms with Gasteiger partial charge in [0.1, 0.15) is 0 Å². The quantitative estimate of drug-likeness (QED) is 0.672. The predicted octanol–water partition coefficient (Wildman–Crippen LogP) is 3.22. The highest BCUT2D eigenvalue weighted by Crippen LogP contribution is 1.97. The van der Waals surface area contributed by atoms with E-state index in [-0.39, 0.29) is 6.10 Å². The molecule has 0 saturated carbocycles. The topological polar surface area (TPSA) is 20.2 Å². The minimum Gasteiger partial charge on any atom is -0.393 e. The second kappa shape index (κ2) is 9.96. The summed E-state index contributed by atoms with van der Waals surface area (Å²) in [5, 5.41) is 8.68. The van der Waals surface area contributed by atoms with Crippen LogP contribution in [0, 0.1) is 5.92 Å². The van der Waals surface area contributed by atoms with Crippen LogP contribution >= 0.6 is 0 Å². The molecule has 0 amide bonds. The van der Waals surface area contributed by atoms with Gasteiger partial charge in [-0.2, -0.15) is 0 Å². The van der Waals surface area contributed by atoms with Gasteiger partial charge in [-0.05, 0) is 19.3 Å². The summed E-state index contributed by atoms with van der Waals surface area (Å²) in [6, 6.07) is 0.